The lowest BCUT2D eigenvalue weighted by atomic mass is 10.0. The van der Waals surface area contributed by atoms with Crippen molar-refractivity contribution in [2.24, 2.45) is 5.73 Å². The van der Waals surface area contributed by atoms with Gasteiger partial charge in [0.2, 0.25) is 5.78 Å². The van der Waals surface area contributed by atoms with Crippen LogP contribution in [-0.2, 0) is 13.0 Å². The highest BCUT2D eigenvalue weighted by atomic mass is 16.3. The molecular formula is C18H17NO2. The first kappa shape index (κ1) is 13.6. The van der Waals surface area contributed by atoms with E-state index in [9.17, 15) is 4.79 Å². The first-order valence-electron chi connectivity index (χ1n) is 6.98. The van der Waals surface area contributed by atoms with Gasteiger partial charge in [-0.2, -0.15) is 0 Å². The van der Waals surface area contributed by atoms with Gasteiger partial charge in [0.15, 0.2) is 5.76 Å². The lowest BCUT2D eigenvalue weighted by Crippen LogP contribution is -2.07. The minimum absolute atomic E-state index is 0.0218. The average Bonchev–Trinajstić information content (AvgIpc) is 2.93. The molecule has 3 nitrogen and oxygen atoms in total. The normalized spacial score (nSPS) is 11.0. The third-order valence-electron chi connectivity index (χ3n) is 3.71. The summed E-state index contributed by atoms with van der Waals surface area (Å²) < 4.78 is 5.73. The summed E-state index contributed by atoms with van der Waals surface area (Å²) in [7, 11) is 0. The van der Waals surface area contributed by atoms with Crippen molar-refractivity contribution in [1.29, 1.82) is 0 Å². The Hall–Kier alpha value is -2.39. The highest BCUT2D eigenvalue weighted by Gasteiger charge is 2.15. The number of hydrogen-bond donors (Lipinski definition) is 1. The van der Waals surface area contributed by atoms with E-state index in [0.29, 0.717) is 18.7 Å². The van der Waals surface area contributed by atoms with Crippen LogP contribution in [0.2, 0.25) is 0 Å². The maximum Gasteiger partial charge on any atom is 0.202 e. The summed E-state index contributed by atoms with van der Waals surface area (Å²) in [6.07, 6.45) is 0.312. The van der Waals surface area contributed by atoms with Crippen LogP contribution in [0.4, 0.5) is 0 Å². The zero-order valence-corrected chi connectivity index (χ0v) is 11.9. The predicted molar refractivity (Wildman–Crippen MR) is 83.3 cm³/mol. The van der Waals surface area contributed by atoms with Gasteiger partial charge in [0.25, 0.3) is 0 Å². The number of benzene rings is 2. The summed E-state index contributed by atoms with van der Waals surface area (Å²) in [6, 6.07) is 15.5. The molecule has 0 saturated carbocycles. The number of Topliss-reactive ketones (excluding diaryl/α,β-unsaturated/α-hetero) is 1. The molecule has 0 aliphatic rings. The molecule has 0 fully saturated rings. The molecule has 3 aromatic rings. The average molecular weight is 279 g/mol. The SMILES string of the molecule is Cc1cccc2cc(C(=O)Cc3ccccc3CN)oc12. The predicted octanol–water partition coefficient (Wildman–Crippen LogP) is 3.63. The molecular weight excluding hydrogens is 262 g/mol. The number of rotatable bonds is 4. The summed E-state index contributed by atoms with van der Waals surface area (Å²) in [6.45, 7) is 2.41. The van der Waals surface area contributed by atoms with E-state index < -0.39 is 0 Å². The molecule has 0 aliphatic carbocycles. The Kier molecular flexibility index (Phi) is 3.59. The summed E-state index contributed by atoms with van der Waals surface area (Å²) in [4.78, 5) is 12.4. The number of fused-ring (bicyclic) bond motifs is 1. The maximum absolute atomic E-state index is 12.4. The molecule has 0 atom stereocenters. The second-order valence-corrected chi connectivity index (χ2v) is 5.18. The van der Waals surface area contributed by atoms with Crippen molar-refractivity contribution in [3.05, 3.63) is 71.0 Å². The highest BCUT2D eigenvalue weighted by Crippen LogP contribution is 2.24. The van der Waals surface area contributed by atoms with E-state index in [4.69, 9.17) is 10.2 Å². The van der Waals surface area contributed by atoms with Crippen molar-refractivity contribution >= 4 is 16.8 Å². The molecule has 2 N–H and O–H groups in total. The van der Waals surface area contributed by atoms with Crippen LogP contribution in [0.1, 0.15) is 27.2 Å². The van der Waals surface area contributed by atoms with Crippen molar-refractivity contribution in [3.8, 4) is 0 Å². The van der Waals surface area contributed by atoms with E-state index >= 15 is 0 Å². The standard InChI is InChI=1S/C18H17NO2/c1-12-5-4-8-14-10-17(21-18(12)14)16(20)9-13-6-2-3-7-15(13)11-19/h2-8,10H,9,11,19H2,1H3. The molecule has 0 amide bonds. The van der Waals surface area contributed by atoms with E-state index in [1.807, 2.05) is 55.5 Å². The summed E-state index contributed by atoms with van der Waals surface area (Å²) in [5, 5.41) is 0.963. The second kappa shape index (κ2) is 5.54. The van der Waals surface area contributed by atoms with Crippen LogP contribution < -0.4 is 5.73 Å². The Labute approximate surface area is 123 Å². The van der Waals surface area contributed by atoms with Crippen molar-refractivity contribution in [2.75, 3.05) is 0 Å². The fourth-order valence-corrected chi connectivity index (χ4v) is 2.54. The number of carbonyl (C=O) groups is 1. The molecule has 1 heterocycles. The lowest BCUT2D eigenvalue weighted by molar-refractivity contribution is 0.0968. The zero-order chi connectivity index (χ0) is 14.8. The first-order chi connectivity index (χ1) is 10.2. The summed E-state index contributed by atoms with van der Waals surface area (Å²) >= 11 is 0. The van der Waals surface area contributed by atoms with Gasteiger partial charge in [-0.05, 0) is 29.7 Å². The van der Waals surface area contributed by atoms with E-state index in [1.165, 1.54) is 0 Å². The first-order valence-corrected chi connectivity index (χ1v) is 6.98. The molecule has 21 heavy (non-hydrogen) atoms. The van der Waals surface area contributed by atoms with Gasteiger partial charge in [-0.15, -0.1) is 0 Å². The molecule has 0 radical (unpaired) electrons. The minimum atomic E-state index is -0.0218. The van der Waals surface area contributed by atoms with Gasteiger partial charge >= 0.3 is 0 Å². The van der Waals surface area contributed by atoms with Gasteiger partial charge in [-0.1, -0.05) is 42.5 Å². The molecule has 2 aromatic carbocycles. The number of aryl methyl sites for hydroxylation is 1. The number of ketones is 1. The molecule has 0 saturated heterocycles. The molecule has 0 unspecified atom stereocenters. The maximum atomic E-state index is 12.4. The van der Waals surface area contributed by atoms with Gasteiger partial charge in [0.1, 0.15) is 5.58 Å². The minimum Gasteiger partial charge on any atom is -0.453 e. The third kappa shape index (κ3) is 2.60. The number of carbonyl (C=O) groups excluding carboxylic acids is 1. The third-order valence-corrected chi connectivity index (χ3v) is 3.71. The largest absolute Gasteiger partial charge is 0.453 e. The molecule has 3 rings (SSSR count). The molecule has 0 bridgehead atoms. The van der Waals surface area contributed by atoms with Crippen molar-refractivity contribution in [2.45, 2.75) is 19.9 Å². The second-order valence-electron chi connectivity index (χ2n) is 5.18. The Morgan fingerprint density at radius 2 is 1.86 bits per heavy atom. The quantitative estimate of drug-likeness (QED) is 0.742. The molecule has 0 spiro atoms. The number of para-hydroxylation sites is 1. The summed E-state index contributed by atoms with van der Waals surface area (Å²) in [5.74, 6) is 0.387. The van der Waals surface area contributed by atoms with E-state index in [-0.39, 0.29) is 5.78 Å². The monoisotopic (exact) mass is 279 g/mol. The van der Waals surface area contributed by atoms with Crippen LogP contribution in [0, 0.1) is 6.92 Å². The van der Waals surface area contributed by atoms with Crippen LogP contribution >= 0.6 is 0 Å². The van der Waals surface area contributed by atoms with Crippen LogP contribution in [-0.4, -0.2) is 5.78 Å². The van der Waals surface area contributed by atoms with E-state index in [0.717, 1.165) is 27.7 Å². The van der Waals surface area contributed by atoms with Gasteiger partial charge in [-0.25, -0.2) is 0 Å². The number of furan rings is 1. The molecule has 106 valence electrons. The van der Waals surface area contributed by atoms with Crippen LogP contribution in [0.5, 0.6) is 0 Å². The summed E-state index contributed by atoms with van der Waals surface area (Å²) in [5.41, 5.74) is 9.49. The van der Waals surface area contributed by atoms with Gasteiger partial charge in [0, 0.05) is 18.4 Å². The smallest absolute Gasteiger partial charge is 0.202 e. The van der Waals surface area contributed by atoms with Crippen molar-refractivity contribution in [1.82, 2.24) is 0 Å². The Morgan fingerprint density at radius 3 is 2.57 bits per heavy atom. The number of nitrogens with two attached hydrogens (primary N) is 1. The van der Waals surface area contributed by atoms with Gasteiger partial charge < -0.3 is 10.2 Å². The van der Waals surface area contributed by atoms with Crippen LogP contribution in [0.25, 0.3) is 11.0 Å². The fraction of sp³-hybridized carbons (Fsp3) is 0.167. The molecule has 1 aromatic heterocycles. The Morgan fingerprint density at radius 1 is 1.10 bits per heavy atom. The highest BCUT2D eigenvalue weighted by molar-refractivity contribution is 5.99. The molecule has 3 heteroatoms. The van der Waals surface area contributed by atoms with Gasteiger partial charge in [0.05, 0.1) is 0 Å². The van der Waals surface area contributed by atoms with E-state index in [2.05, 4.69) is 0 Å². The number of hydrogen-bond acceptors (Lipinski definition) is 3. The zero-order valence-electron chi connectivity index (χ0n) is 11.9. The van der Waals surface area contributed by atoms with Crippen LogP contribution in [0.3, 0.4) is 0 Å². The lowest BCUT2D eigenvalue weighted by Gasteiger charge is -2.05. The topological polar surface area (TPSA) is 56.2 Å². The Balaban J connectivity index is 1.92. The molecule has 0 aliphatic heterocycles. The van der Waals surface area contributed by atoms with Crippen molar-refractivity contribution < 1.29 is 9.21 Å². The fourth-order valence-electron chi connectivity index (χ4n) is 2.54. The van der Waals surface area contributed by atoms with E-state index in [1.54, 1.807) is 0 Å². The van der Waals surface area contributed by atoms with Gasteiger partial charge in [-0.3, -0.25) is 4.79 Å². The Bertz CT molecular complexity index is 802. The van der Waals surface area contributed by atoms with Crippen molar-refractivity contribution in [3.63, 3.8) is 0 Å². The van der Waals surface area contributed by atoms with Crippen LogP contribution in [0.15, 0.2) is 52.9 Å².